The Morgan fingerprint density at radius 1 is 1.50 bits per heavy atom. The first kappa shape index (κ1) is 12.8. The predicted molar refractivity (Wildman–Crippen MR) is 68.1 cm³/mol. The maximum atomic E-state index is 5.52. The number of anilines is 2. The van der Waals surface area contributed by atoms with Gasteiger partial charge in [-0.15, -0.1) is 0 Å². The lowest BCUT2D eigenvalue weighted by atomic mass is 10.3. The molecule has 1 N–H and O–H groups in total. The smallest absolute Gasteiger partial charge is 0.127 e. The van der Waals surface area contributed by atoms with Gasteiger partial charge in [0.1, 0.15) is 5.82 Å². The zero-order valence-corrected chi connectivity index (χ0v) is 10.5. The van der Waals surface area contributed by atoms with Crippen LogP contribution in [0.25, 0.3) is 0 Å². The maximum Gasteiger partial charge on any atom is 0.127 e. The van der Waals surface area contributed by atoms with E-state index in [-0.39, 0.29) is 0 Å². The van der Waals surface area contributed by atoms with Crippen LogP contribution in [0.5, 0.6) is 0 Å². The zero-order chi connectivity index (χ0) is 12.0. The number of pyridine rings is 1. The molecule has 90 valence electrons. The molecule has 0 aliphatic rings. The molecule has 1 aromatic heterocycles. The minimum absolute atomic E-state index is 0.290. The maximum absolute atomic E-state index is 5.52. The van der Waals surface area contributed by atoms with Crippen molar-refractivity contribution in [2.75, 3.05) is 37.5 Å². The molecule has 0 fully saturated rings. The Morgan fingerprint density at radius 2 is 2.25 bits per heavy atom. The van der Waals surface area contributed by atoms with E-state index in [1.54, 1.807) is 6.20 Å². The van der Waals surface area contributed by atoms with Crippen molar-refractivity contribution in [3.8, 4) is 0 Å². The number of rotatable bonds is 6. The van der Waals surface area contributed by atoms with E-state index in [1.807, 2.05) is 33.0 Å². The lowest BCUT2D eigenvalue weighted by Gasteiger charge is -2.20. The molecule has 0 unspecified atom stereocenters. The third kappa shape index (κ3) is 4.06. The number of nitrogens with zero attached hydrogens (tertiary/aromatic N) is 2. The molecule has 16 heavy (non-hydrogen) atoms. The highest BCUT2D eigenvalue weighted by Gasteiger charge is 2.02. The Morgan fingerprint density at radius 3 is 2.88 bits per heavy atom. The van der Waals surface area contributed by atoms with Crippen molar-refractivity contribution < 1.29 is 4.74 Å². The van der Waals surface area contributed by atoms with Crippen molar-refractivity contribution in [3.05, 3.63) is 18.3 Å². The van der Waals surface area contributed by atoms with Gasteiger partial charge in [-0.05, 0) is 19.9 Å². The standard InChI is InChI=1S/C12H21N3O/c1-10(2)16-8-7-15(4)11-5-6-14-12(9-11)13-3/h5-6,9-10H,7-8H2,1-4H3,(H,13,14). The number of likely N-dealkylation sites (N-methyl/N-ethyl adjacent to an activating group) is 1. The van der Waals surface area contributed by atoms with E-state index < -0.39 is 0 Å². The summed E-state index contributed by atoms with van der Waals surface area (Å²) in [4.78, 5) is 6.34. The molecule has 1 aromatic rings. The van der Waals surface area contributed by atoms with Crippen molar-refractivity contribution in [2.24, 2.45) is 0 Å². The van der Waals surface area contributed by atoms with E-state index in [0.29, 0.717) is 6.10 Å². The normalized spacial score (nSPS) is 10.6. The molecule has 1 heterocycles. The molecule has 0 amide bonds. The van der Waals surface area contributed by atoms with E-state index in [0.717, 1.165) is 24.7 Å². The van der Waals surface area contributed by atoms with Gasteiger partial charge in [-0.3, -0.25) is 0 Å². The molecule has 0 aliphatic heterocycles. The van der Waals surface area contributed by atoms with E-state index >= 15 is 0 Å². The summed E-state index contributed by atoms with van der Waals surface area (Å²) in [5, 5.41) is 3.03. The average Bonchev–Trinajstić information content (AvgIpc) is 2.28. The van der Waals surface area contributed by atoms with Gasteiger partial charge in [-0.1, -0.05) is 0 Å². The van der Waals surface area contributed by atoms with E-state index in [9.17, 15) is 0 Å². The molecular weight excluding hydrogens is 202 g/mol. The van der Waals surface area contributed by atoms with E-state index in [1.165, 1.54) is 0 Å². The summed E-state index contributed by atoms with van der Waals surface area (Å²) in [5.41, 5.74) is 1.15. The largest absolute Gasteiger partial charge is 0.377 e. The molecule has 0 atom stereocenters. The highest BCUT2D eigenvalue weighted by atomic mass is 16.5. The minimum atomic E-state index is 0.290. The molecular formula is C12H21N3O. The van der Waals surface area contributed by atoms with Gasteiger partial charge in [-0.25, -0.2) is 4.98 Å². The topological polar surface area (TPSA) is 37.4 Å². The summed E-state index contributed by atoms with van der Waals surface area (Å²) in [7, 11) is 3.92. The molecule has 0 aliphatic carbocycles. The van der Waals surface area contributed by atoms with Crippen LogP contribution in [-0.2, 0) is 4.74 Å². The monoisotopic (exact) mass is 223 g/mol. The van der Waals surface area contributed by atoms with Gasteiger partial charge >= 0.3 is 0 Å². The fourth-order valence-corrected chi connectivity index (χ4v) is 1.35. The van der Waals surface area contributed by atoms with Gasteiger partial charge in [0.2, 0.25) is 0 Å². The molecule has 0 spiro atoms. The third-order valence-electron chi connectivity index (χ3n) is 2.32. The number of ether oxygens (including phenoxy) is 1. The van der Waals surface area contributed by atoms with E-state index in [2.05, 4.69) is 22.2 Å². The molecule has 0 aromatic carbocycles. The Bertz CT molecular complexity index is 315. The molecule has 0 saturated carbocycles. The van der Waals surface area contributed by atoms with Gasteiger partial charge in [0.05, 0.1) is 12.7 Å². The van der Waals surface area contributed by atoms with Gasteiger partial charge in [0.25, 0.3) is 0 Å². The molecule has 4 nitrogen and oxygen atoms in total. The van der Waals surface area contributed by atoms with Crippen LogP contribution in [0.4, 0.5) is 11.5 Å². The van der Waals surface area contributed by atoms with Crippen LogP contribution >= 0.6 is 0 Å². The minimum Gasteiger partial charge on any atom is -0.377 e. The van der Waals surface area contributed by atoms with Crippen molar-refractivity contribution in [1.82, 2.24) is 4.98 Å². The lowest BCUT2D eigenvalue weighted by molar-refractivity contribution is 0.0846. The van der Waals surface area contributed by atoms with Crippen LogP contribution in [0.2, 0.25) is 0 Å². The summed E-state index contributed by atoms with van der Waals surface area (Å²) < 4.78 is 5.52. The number of nitrogens with one attached hydrogen (secondary N) is 1. The Balaban J connectivity index is 2.48. The van der Waals surface area contributed by atoms with Gasteiger partial charge < -0.3 is 15.0 Å². The van der Waals surface area contributed by atoms with Crippen molar-refractivity contribution in [2.45, 2.75) is 20.0 Å². The second kappa shape index (κ2) is 6.33. The molecule has 0 bridgehead atoms. The summed E-state index contributed by atoms with van der Waals surface area (Å²) in [6.07, 6.45) is 2.10. The average molecular weight is 223 g/mol. The first-order valence-corrected chi connectivity index (χ1v) is 5.60. The Hall–Kier alpha value is -1.29. The van der Waals surface area contributed by atoms with Crippen LogP contribution in [-0.4, -0.2) is 38.3 Å². The summed E-state index contributed by atoms with van der Waals surface area (Å²) >= 11 is 0. The number of hydrogen-bond donors (Lipinski definition) is 1. The highest BCUT2D eigenvalue weighted by molar-refractivity contribution is 5.53. The first-order chi connectivity index (χ1) is 7.63. The third-order valence-corrected chi connectivity index (χ3v) is 2.32. The van der Waals surface area contributed by atoms with E-state index in [4.69, 9.17) is 4.74 Å². The Labute approximate surface area is 97.6 Å². The van der Waals surface area contributed by atoms with Crippen LogP contribution < -0.4 is 10.2 Å². The van der Waals surface area contributed by atoms with Gasteiger partial charge in [0, 0.05) is 38.6 Å². The summed E-state index contributed by atoms with van der Waals surface area (Å²) in [5.74, 6) is 0.883. The number of hydrogen-bond acceptors (Lipinski definition) is 4. The lowest BCUT2D eigenvalue weighted by Crippen LogP contribution is -2.24. The quantitative estimate of drug-likeness (QED) is 0.800. The van der Waals surface area contributed by atoms with Crippen LogP contribution in [0.15, 0.2) is 18.3 Å². The molecule has 4 heteroatoms. The second-order valence-electron chi connectivity index (χ2n) is 3.99. The van der Waals surface area contributed by atoms with Crippen molar-refractivity contribution >= 4 is 11.5 Å². The highest BCUT2D eigenvalue weighted by Crippen LogP contribution is 2.15. The molecule has 0 saturated heterocycles. The fraction of sp³-hybridized carbons (Fsp3) is 0.583. The van der Waals surface area contributed by atoms with Crippen molar-refractivity contribution in [1.29, 1.82) is 0 Å². The molecule has 1 rings (SSSR count). The first-order valence-electron chi connectivity index (χ1n) is 5.60. The van der Waals surface area contributed by atoms with Crippen LogP contribution in [0.3, 0.4) is 0 Å². The van der Waals surface area contributed by atoms with Crippen LogP contribution in [0.1, 0.15) is 13.8 Å². The predicted octanol–water partition coefficient (Wildman–Crippen LogP) is 1.98. The second-order valence-corrected chi connectivity index (χ2v) is 3.99. The number of aromatic nitrogens is 1. The van der Waals surface area contributed by atoms with Crippen LogP contribution in [0, 0.1) is 0 Å². The fourth-order valence-electron chi connectivity index (χ4n) is 1.35. The molecule has 0 radical (unpaired) electrons. The van der Waals surface area contributed by atoms with Crippen molar-refractivity contribution in [3.63, 3.8) is 0 Å². The zero-order valence-electron chi connectivity index (χ0n) is 10.5. The van der Waals surface area contributed by atoms with Gasteiger partial charge in [-0.2, -0.15) is 0 Å². The van der Waals surface area contributed by atoms with Gasteiger partial charge in [0.15, 0.2) is 0 Å². The SMILES string of the molecule is CNc1cc(N(C)CCOC(C)C)ccn1. The summed E-state index contributed by atoms with van der Waals surface area (Å²) in [6, 6.07) is 4.02. The summed E-state index contributed by atoms with van der Waals surface area (Å²) in [6.45, 7) is 5.72. The Kier molecular flexibility index (Phi) is 5.05.